The molecule has 0 aliphatic carbocycles. The molecule has 0 saturated carbocycles. The Morgan fingerprint density at radius 3 is 2.20 bits per heavy atom. The number of halogens is 3. The predicted molar refractivity (Wildman–Crippen MR) is 67.5 cm³/mol. The lowest BCUT2D eigenvalue weighted by molar-refractivity contribution is -0.137. The summed E-state index contributed by atoms with van der Waals surface area (Å²) < 4.78 is 38.9. The largest absolute Gasteiger partial charge is 0.477 e. The molecular weight excluding hydrogens is 271 g/mol. The molecular formula is C14H12F3NO2. The third kappa shape index (κ3) is 2.68. The van der Waals surface area contributed by atoms with E-state index >= 15 is 0 Å². The third-order valence-corrected chi connectivity index (χ3v) is 3.00. The summed E-state index contributed by atoms with van der Waals surface area (Å²) in [4.78, 5) is 11.0. The fraction of sp³-hybridized carbons (Fsp3) is 0.214. The molecule has 20 heavy (non-hydrogen) atoms. The van der Waals surface area contributed by atoms with Crippen LogP contribution in [0, 0.1) is 0 Å². The van der Waals surface area contributed by atoms with E-state index in [4.69, 9.17) is 5.11 Å². The summed E-state index contributed by atoms with van der Waals surface area (Å²) in [6.45, 7) is 2.27. The minimum Gasteiger partial charge on any atom is -0.477 e. The van der Waals surface area contributed by atoms with Gasteiger partial charge in [-0.3, -0.25) is 0 Å². The first kappa shape index (κ1) is 14.2. The molecule has 0 bridgehead atoms. The molecule has 0 fully saturated rings. The molecule has 106 valence electrons. The quantitative estimate of drug-likeness (QED) is 0.928. The molecule has 0 atom stereocenters. The number of hydrogen-bond acceptors (Lipinski definition) is 1. The van der Waals surface area contributed by atoms with Crippen LogP contribution in [-0.4, -0.2) is 15.6 Å². The van der Waals surface area contributed by atoms with E-state index in [0.29, 0.717) is 17.7 Å². The van der Waals surface area contributed by atoms with Gasteiger partial charge in [0.1, 0.15) is 5.69 Å². The van der Waals surface area contributed by atoms with Gasteiger partial charge in [0.25, 0.3) is 0 Å². The van der Waals surface area contributed by atoms with Crippen molar-refractivity contribution in [3.8, 4) is 11.1 Å². The lowest BCUT2D eigenvalue weighted by atomic mass is 10.1. The number of nitrogens with zero attached hydrogens (tertiary/aromatic N) is 1. The van der Waals surface area contributed by atoms with Crippen LogP contribution < -0.4 is 0 Å². The number of hydrogen-bond donors (Lipinski definition) is 1. The van der Waals surface area contributed by atoms with E-state index < -0.39 is 17.7 Å². The highest BCUT2D eigenvalue weighted by molar-refractivity contribution is 5.88. The molecule has 0 unspecified atom stereocenters. The summed E-state index contributed by atoms with van der Waals surface area (Å²) in [5, 5.41) is 9.04. The van der Waals surface area contributed by atoms with Gasteiger partial charge in [-0.1, -0.05) is 12.1 Å². The van der Waals surface area contributed by atoms with Crippen molar-refractivity contribution in [2.75, 3.05) is 0 Å². The number of aryl methyl sites for hydroxylation is 1. The molecule has 0 aliphatic heterocycles. The van der Waals surface area contributed by atoms with Gasteiger partial charge in [0.05, 0.1) is 5.56 Å². The van der Waals surface area contributed by atoms with Gasteiger partial charge in [0, 0.05) is 18.3 Å². The first-order valence-electron chi connectivity index (χ1n) is 5.94. The third-order valence-electron chi connectivity index (χ3n) is 3.00. The zero-order chi connectivity index (χ0) is 14.9. The maximum Gasteiger partial charge on any atom is 0.416 e. The summed E-state index contributed by atoms with van der Waals surface area (Å²) in [7, 11) is 0. The average Bonchev–Trinajstić information content (AvgIpc) is 2.82. The monoisotopic (exact) mass is 283 g/mol. The van der Waals surface area contributed by atoms with E-state index in [1.165, 1.54) is 22.8 Å². The molecule has 1 N–H and O–H groups in total. The van der Waals surface area contributed by atoms with Gasteiger partial charge in [-0.2, -0.15) is 13.2 Å². The Kier molecular flexibility index (Phi) is 3.57. The molecule has 1 aromatic carbocycles. The van der Waals surface area contributed by atoms with E-state index in [1.54, 1.807) is 13.1 Å². The summed E-state index contributed by atoms with van der Waals surface area (Å²) in [5.74, 6) is -1.06. The summed E-state index contributed by atoms with van der Waals surface area (Å²) >= 11 is 0. The van der Waals surface area contributed by atoms with Crippen LogP contribution >= 0.6 is 0 Å². The molecule has 0 radical (unpaired) electrons. The molecule has 0 spiro atoms. The molecule has 2 aromatic rings. The van der Waals surface area contributed by atoms with Gasteiger partial charge in [-0.15, -0.1) is 0 Å². The Morgan fingerprint density at radius 2 is 1.80 bits per heavy atom. The van der Waals surface area contributed by atoms with Crippen molar-refractivity contribution in [1.82, 2.24) is 4.57 Å². The van der Waals surface area contributed by atoms with Crippen LogP contribution in [0.2, 0.25) is 0 Å². The molecule has 3 nitrogen and oxygen atoms in total. The second kappa shape index (κ2) is 5.03. The van der Waals surface area contributed by atoms with Gasteiger partial charge < -0.3 is 9.67 Å². The van der Waals surface area contributed by atoms with Crippen molar-refractivity contribution in [3.05, 3.63) is 47.8 Å². The Balaban J connectivity index is 2.39. The Bertz CT molecular complexity index is 627. The number of carbonyl (C=O) groups is 1. The smallest absolute Gasteiger partial charge is 0.416 e. The standard InChI is InChI=1S/C14H12F3NO2/c1-2-18-8-10(7-12(18)13(19)20)9-3-5-11(6-4-9)14(15,16)17/h3-8H,2H2,1H3,(H,19,20). The van der Waals surface area contributed by atoms with Crippen LogP contribution in [-0.2, 0) is 12.7 Å². The maximum atomic E-state index is 12.5. The Labute approximate surface area is 113 Å². The second-order valence-corrected chi connectivity index (χ2v) is 4.28. The average molecular weight is 283 g/mol. The second-order valence-electron chi connectivity index (χ2n) is 4.28. The van der Waals surface area contributed by atoms with Crippen LogP contribution in [0.25, 0.3) is 11.1 Å². The van der Waals surface area contributed by atoms with Crippen molar-refractivity contribution in [3.63, 3.8) is 0 Å². The normalized spacial score (nSPS) is 11.6. The van der Waals surface area contributed by atoms with Crippen LogP contribution in [0.5, 0.6) is 0 Å². The number of carboxylic acids is 1. The van der Waals surface area contributed by atoms with Crippen LogP contribution in [0.15, 0.2) is 36.5 Å². The number of carboxylic acid groups (broad SMARTS) is 1. The van der Waals surface area contributed by atoms with E-state index in [0.717, 1.165) is 12.1 Å². The Hall–Kier alpha value is -2.24. The molecule has 0 amide bonds. The maximum absolute atomic E-state index is 12.5. The van der Waals surface area contributed by atoms with E-state index in [9.17, 15) is 18.0 Å². The highest BCUT2D eigenvalue weighted by atomic mass is 19.4. The zero-order valence-electron chi connectivity index (χ0n) is 10.6. The molecule has 0 aliphatic rings. The molecule has 1 heterocycles. The van der Waals surface area contributed by atoms with E-state index in [2.05, 4.69) is 0 Å². The van der Waals surface area contributed by atoms with Crippen molar-refractivity contribution >= 4 is 5.97 Å². The summed E-state index contributed by atoms with van der Waals surface area (Å²) in [5.41, 5.74) is 0.516. The zero-order valence-corrected chi connectivity index (χ0v) is 10.6. The van der Waals surface area contributed by atoms with Crippen molar-refractivity contribution in [2.24, 2.45) is 0 Å². The molecule has 2 rings (SSSR count). The van der Waals surface area contributed by atoms with Gasteiger partial charge in [0.2, 0.25) is 0 Å². The van der Waals surface area contributed by atoms with Gasteiger partial charge in [-0.05, 0) is 30.7 Å². The molecule has 6 heteroatoms. The fourth-order valence-corrected chi connectivity index (χ4v) is 1.96. The number of aromatic nitrogens is 1. The van der Waals surface area contributed by atoms with E-state index in [-0.39, 0.29) is 5.69 Å². The first-order valence-corrected chi connectivity index (χ1v) is 5.94. The minimum absolute atomic E-state index is 0.113. The fourth-order valence-electron chi connectivity index (χ4n) is 1.96. The van der Waals surface area contributed by atoms with E-state index in [1.807, 2.05) is 0 Å². The topological polar surface area (TPSA) is 42.2 Å². The first-order chi connectivity index (χ1) is 9.32. The van der Waals surface area contributed by atoms with Crippen molar-refractivity contribution < 1.29 is 23.1 Å². The number of rotatable bonds is 3. The van der Waals surface area contributed by atoms with Gasteiger partial charge in [0.15, 0.2) is 0 Å². The summed E-state index contributed by atoms with van der Waals surface area (Å²) in [6.07, 6.45) is -2.76. The van der Waals surface area contributed by atoms with Gasteiger partial charge >= 0.3 is 12.1 Å². The lowest BCUT2D eigenvalue weighted by Crippen LogP contribution is -2.05. The molecule has 1 aromatic heterocycles. The minimum atomic E-state index is -4.37. The lowest BCUT2D eigenvalue weighted by Gasteiger charge is -2.06. The van der Waals surface area contributed by atoms with Crippen LogP contribution in [0.4, 0.5) is 13.2 Å². The van der Waals surface area contributed by atoms with Crippen molar-refractivity contribution in [1.29, 1.82) is 0 Å². The van der Waals surface area contributed by atoms with Gasteiger partial charge in [-0.25, -0.2) is 4.79 Å². The SMILES string of the molecule is CCn1cc(-c2ccc(C(F)(F)F)cc2)cc1C(=O)O. The number of aromatic carboxylic acids is 1. The number of alkyl halides is 3. The highest BCUT2D eigenvalue weighted by Gasteiger charge is 2.30. The van der Waals surface area contributed by atoms with Crippen LogP contribution in [0.1, 0.15) is 23.0 Å². The predicted octanol–water partition coefficient (Wildman–Crippen LogP) is 3.89. The highest BCUT2D eigenvalue weighted by Crippen LogP contribution is 2.31. The Morgan fingerprint density at radius 1 is 1.20 bits per heavy atom. The van der Waals surface area contributed by atoms with Crippen LogP contribution in [0.3, 0.4) is 0 Å². The summed E-state index contributed by atoms with van der Waals surface area (Å²) in [6, 6.07) is 6.10. The molecule has 0 saturated heterocycles. The number of benzene rings is 1. The van der Waals surface area contributed by atoms with Crippen molar-refractivity contribution in [2.45, 2.75) is 19.6 Å².